The second kappa shape index (κ2) is 5.61. The van der Waals surface area contributed by atoms with E-state index in [1.54, 1.807) is 29.3 Å². The Bertz CT molecular complexity index is 924. The number of ketones is 1. The standard InChI is InChI=1S/C17H14ClN3O3/c18-17-16(22)15(11-9-19-12-6-2-1-5-10(11)12)20(17)13-7-3-4-8-14(13)21(23)24/h1-9,15,17,19,21,23H. The summed E-state index contributed by atoms with van der Waals surface area (Å²) in [5.41, 5.74) is 1.42. The fourth-order valence-corrected chi connectivity index (χ4v) is 3.55. The third kappa shape index (κ3) is 2.12. The second-order valence-corrected chi connectivity index (χ2v) is 6.07. The van der Waals surface area contributed by atoms with E-state index in [4.69, 9.17) is 11.6 Å². The van der Waals surface area contributed by atoms with Crippen LogP contribution in [0.1, 0.15) is 11.6 Å². The monoisotopic (exact) mass is 343 g/mol. The lowest BCUT2D eigenvalue weighted by molar-refractivity contribution is -0.990. The minimum Gasteiger partial charge on any atom is -0.595 e. The smallest absolute Gasteiger partial charge is 0.197 e. The van der Waals surface area contributed by atoms with Gasteiger partial charge in [-0.05, 0) is 12.1 Å². The van der Waals surface area contributed by atoms with Crippen molar-refractivity contribution in [3.8, 4) is 0 Å². The van der Waals surface area contributed by atoms with Gasteiger partial charge in [0.05, 0.1) is 0 Å². The lowest BCUT2D eigenvalue weighted by atomic mass is 9.91. The van der Waals surface area contributed by atoms with Gasteiger partial charge in [0.2, 0.25) is 0 Å². The number of H-pyrrole nitrogens is 1. The average Bonchev–Trinajstić information content (AvgIpc) is 3.02. The maximum Gasteiger partial charge on any atom is 0.197 e. The first kappa shape index (κ1) is 15.2. The number of halogens is 1. The molecule has 1 aliphatic rings. The van der Waals surface area contributed by atoms with Crippen molar-refractivity contribution in [2.24, 2.45) is 0 Å². The highest BCUT2D eigenvalue weighted by Crippen LogP contribution is 2.45. The van der Waals surface area contributed by atoms with Gasteiger partial charge in [-0.2, -0.15) is 5.23 Å². The van der Waals surface area contributed by atoms with Gasteiger partial charge in [-0.3, -0.25) is 4.79 Å². The van der Waals surface area contributed by atoms with Crippen LogP contribution in [-0.4, -0.2) is 21.5 Å². The topological polar surface area (TPSA) is 83.8 Å². The molecule has 0 amide bonds. The van der Waals surface area contributed by atoms with Crippen LogP contribution in [0.3, 0.4) is 0 Å². The number of quaternary nitrogens is 1. The van der Waals surface area contributed by atoms with Gasteiger partial charge in [-0.1, -0.05) is 41.9 Å². The lowest BCUT2D eigenvalue weighted by Crippen LogP contribution is -2.99. The summed E-state index contributed by atoms with van der Waals surface area (Å²) in [6, 6.07) is 13.6. The molecule has 122 valence electrons. The Labute approximate surface area is 142 Å². The number of fused-ring (bicyclic) bond motifs is 1. The van der Waals surface area contributed by atoms with Crippen LogP contribution in [0.15, 0.2) is 54.7 Å². The molecule has 6 nitrogen and oxygen atoms in total. The Hall–Kier alpha value is -2.38. The second-order valence-electron chi connectivity index (χ2n) is 5.66. The van der Waals surface area contributed by atoms with Crippen molar-refractivity contribution in [3.63, 3.8) is 0 Å². The fraction of sp³-hybridized carbons (Fsp3) is 0.118. The molecule has 24 heavy (non-hydrogen) atoms. The van der Waals surface area contributed by atoms with Crippen LogP contribution in [0.5, 0.6) is 0 Å². The highest BCUT2D eigenvalue weighted by atomic mass is 35.5. The summed E-state index contributed by atoms with van der Waals surface area (Å²) < 4.78 is 0. The zero-order valence-corrected chi connectivity index (χ0v) is 13.2. The van der Waals surface area contributed by atoms with E-state index in [9.17, 15) is 15.2 Å². The van der Waals surface area contributed by atoms with E-state index in [-0.39, 0.29) is 11.5 Å². The van der Waals surface area contributed by atoms with E-state index in [1.165, 1.54) is 6.07 Å². The maximum absolute atomic E-state index is 12.4. The Morgan fingerprint density at radius 1 is 1.17 bits per heavy atom. The van der Waals surface area contributed by atoms with Gasteiger partial charge in [0.15, 0.2) is 17.0 Å². The molecule has 7 heteroatoms. The molecule has 3 N–H and O–H groups in total. The minimum absolute atomic E-state index is 0.125. The zero-order valence-electron chi connectivity index (χ0n) is 12.4. The minimum atomic E-state index is -1.05. The number of rotatable bonds is 3. The summed E-state index contributed by atoms with van der Waals surface area (Å²) in [6.07, 6.45) is 1.78. The summed E-state index contributed by atoms with van der Waals surface area (Å²) >= 11 is 6.21. The van der Waals surface area contributed by atoms with E-state index in [0.717, 1.165) is 16.5 Å². The van der Waals surface area contributed by atoms with Crippen LogP contribution in [0.2, 0.25) is 0 Å². The highest BCUT2D eigenvalue weighted by molar-refractivity contribution is 6.37. The lowest BCUT2D eigenvalue weighted by Gasteiger charge is -2.45. The number of carbonyl (C=O) groups excluding carboxylic acids is 1. The number of alkyl halides is 1. The van der Waals surface area contributed by atoms with Gasteiger partial charge >= 0.3 is 0 Å². The van der Waals surface area contributed by atoms with Crippen molar-refractivity contribution in [2.75, 3.05) is 4.90 Å². The van der Waals surface area contributed by atoms with Gasteiger partial charge in [-0.25, -0.2) is 5.21 Å². The normalized spacial score (nSPS) is 21.8. The molecule has 3 atom stereocenters. The first-order valence-corrected chi connectivity index (χ1v) is 7.87. The van der Waals surface area contributed by atoms with Crippen molar-refractivity contribution in [3.05, 3.63) is 65.5 Å². The van der Waals surface area contributed by atoms with Crippen molar-refractivity contribution < 1.29 is 15.2 Å². The largest absolute Gasteiger partial charge is 0.595 e. The van der Waals surface area contributed by atoms with Crippen LogP contribution in [0.25, 0.3) is 10.9 Å². The molecule has 1 aliphatic heterocycles. The number of nitrogens with zero attached hydrogens (tertiary/aromatic N) is 1. The molecular formula is C17H14ClN3O3. The first-order chi connectivity index (χ1) is 11.6. The van der Waals surface area contributed by atoms with Crippen molar-refractivity contribution in [1.29, 1.82) is 0 Å². The van der Waals surface area contributed by atoms with Crippen molar-refractivity contribution in [2.45, 2.75) is 11.5 Å². The molecule has 0 bridgehead atoms. The number of nitrogens with one attached hydrogen (secondary N) is 2. The number of aromatic amines is 1. The van der Waals surface area contributed by atoms with Gasteiger partial charge in [-0.15, -0.1) is 0 Å². The number of hydrogen-bond donors (Lipinski definition) is 3. The summed E-state index contributed by atoms with van der Waals surface area (Å²) in [6.45, 7) is 0. The average molecular weight is 344 g/mol. The van der Waals surface area contributed by atoms with Crippen molar-refractivity contribution >= 4 is 39.7 Å². The summed E-state index contributed by atoms with van der Waals surface area (Å²) in [5.74, 6) is -0.137. The Morgan fingerprint density at radius 3 is 2.67 bits per heavy atom. The van der Waals surface area contributed by atoms with E-state index < -0.39 is 16.8 Å². The molecule has 3 aromatic rings. The van der Waals surface area contributed by atoms with E-state index >= 15 is 0 Å². The molecule has 3 unspecified atom stereocenters. The molecule has 1 aromatic heterocycles. The third-order valence-electron chi connectivity index (χ3n) is 4.36. The number of carbonyl (C=O) groups is 1. The predicted octanol–water partition coefficient (Wildman–Crippen LogP) is 2.27. The van der Waals surface area contributed by atoms with Crippen molar-refractivity contribution in [1.82, 2.24) is 4.98 Å². The number of benzene rings is 2. The molecule has 1 fully saturated rings. The van der Waals surface area contributed by atoms with Gasteiger partial charge in [0.25, 0.3) is 0 Å². The molecule has 0 spiro atoms. The number of aromatic nitrogens is 1. The predicted molar refractivity (Wildman–Crippen MR) is 90.4 cm³/mol. The summed E-state index contributed by atoms with van der Waals surface area (Å²) in [7, 11) is 0. The Kier molecular flexibility index (Phi) is 3.54. The van der Waals surface area contributed by atoms with Crippen LogP contribution < -0.4 is 10.1 Å². The number of Topliss-reactive ketones (excluding diaryl/α,β-unsaturated/α-hetero) is 1. The molecule has 0 saturated carbocycles. The summed E-state index contributed by atoms with van der Waals surface area (Å²) in [4.78, 5) is 17.2. The Morgan fingerprint density at radius 2 is 1.88 bits per heavy atom. The van der Waals surface area contributed by atoms with E-state index in [0.29, 0.717) is 5.69 Å². The quantitative estimate of drug-likeness (QED) is 0.387. The third-order valence-corrected chi connectivity index (χ3v) is 4.78. The van der Waals surface area contributed by atoms with Crippen LogP contribution in [-0.2, 0) is 4.79 Å². The molecule has 0 aliphatic carbocycles. The summed E-state index contributed by atoms with van der Waals surface area (Å²) in [5, 5.41) is 20.8. The SMILES string of the molecule is O=C1C(Cl)N(c2ccccc2[NH+]([O-])O)C1c1c[nH]c2ccccc12. The zero-order chi connectivity index (χ0) is 16.8. The van der Waals surface area contributed by atoms with Gasteiger partial charge in [0, 0.05) is 28.7 Å². The molecule has 0 radical (unpaired) electrons. The van der Waals surface area contributed by atoms with Gasteiger partial charge < -0.3 is 15.1 Å². The molecular weight excluding hydrogens is 330 g/mol. The van der Waals surface area contributed by atoms with Gasteiger partial charge in [0.1, 0.15) is 11.7 Å². The van der Waals surface area contributed by atoms with Crippen LogP contribution in [0, 0.1) is 5.21 Å². The molecule has 1 saturated heterocycles. The van der Waals surface area contributed by atoms with Crippen LogP contribution in [0.4, 0.5) is 11.4 Å². The highest BCUT2D eigenvalue weighted by Gasteiger charge is 2.49. The van der Waals surface area contributed by atoms with E-state index in [2.05, 4.69) is 4.98 Å². The Balaban J connectivity index is 1.83. The molecule has 4 rings (SSSR count). The molecule has 2 heterocycles. The maximum atomic E-state index is 12.4. The van der Waals surface area contributed by atoms with E-state index in [1.807, 2.05) is 24.3 Å². The number of anilines is 1. The fourth-order valence-electron chi connectivity index (χ4n) is 3.22. The van der Waals surface area contributed by atoms with Crippen LogP contribution >= 0.6 is 11.6 Å². The number of para-hydroxylation sites is 3. The molecule has 2 aromatic carbocycles. The first-order valence-electron chi connectivity index (χ1n) is 7.44. The number of hydrogen-bond acceptors (Lipinski definition) is 4.